The molecule has 0 unspecified atom stereocenters. The number of hydrogen-bond acceptors (Lipinski definition) is 5. The van der Waals surface area contributed by atoms with Crippen LogP contribution < -0.4 is 11.1 Å². The van der Waals surface area contributed by atoms with Crippen LogP contribution in [0.25, 0.3) is 0 Å². The van der Waals surface area contributed by atoms with Gasteiger partial charge in [0.05, 0.1) is 17.6 Å². The van der Waals surface area contributed by atoms with Gasteiger partial charge in [-0.15, -0.1) is 0 Å². The van der Waals surface area contributed by atoms with Crippen molar-refractivity contribution in [3.63, 3.8) is 0 Å². The highest BCUT2D eigenvalue weighted by atomic mass is 32.1. The SMILES string of the molecule is Cc1nc(N)sc1C(=O)Nc1cn[nH]c1. The molecule has 0 spiro atoms. The Morgan fingerprint density at radius 3 is 3.00 bits per heavy atom. The number of nitrogen functional groups attached to an aromatic ring is 1. The molecule has 15 heavy (non-hydrogen) atoms. The van der Waals surface area contributed by atoms with E-state index in [1.54, 1.807) is 13.1 Å². The molecule has 2 rings (SSSR count). The Labute approximate surface area is 89.5 Å². The molecule has 1 amide bonds. The maximum absolute atomic E-state index is 11.7. The van der Waals surface area contributed by atoms with E-state index in [0.717, 1.165) is 0 Å². The van der Waals surface area contributed by atoms with Crippen molar-refractivity contribution in [2.45, 2.75) is 6.92 Å². The van der Waals surface area contributed by atoms with Crippen LogP contribution in [-0.2, 0) is 0 Å². The minimum atomic E-state index is -0.219. The number of carbonyl (C=O) groups excluding carboxylic acids is 1. The van der Waals surface area contributed by atoms with Gasteiger partial charge in [0.15, 0.2) is 5.13 Å². The second kappa shape index (κ2) is 3.70. The highest BCUT2D eigenvalue weighted by Gasteiger charge is 2.14. The summed E-state index contributed by atoms with van der Waals surface area (Å²) in [6.07, 6.45) is 3.12. The predicted molar refractivity (Wildman–Crippen MR) is 57.8 cm³/mol. The van der Waals surface area contributed by atoms with E-state index >= 15 is 0 Å². The maximum atomic E-state index is 11.7. The molecular weight excluding hydrogens is 214 g/mol. The van der Waals surface area contributed by atoms with Crippen LogP contribution >= 0.6 is 11.3 Å². The molecule has 0 radical (unpaired) electrons. The number of nitrogens with zero attached hydrogens (tertiary/aromatic N) is 2. The molecule has 0 aliphatic carbocycles. The Bertz CT molecular complexity index is 475. The fourth-order valence-corrected chi connectivity index (χ4v) is 1.86. The third-order valence-corrected chi connectivity index (χ3v) is 2.76. The van der Waals surface area contributed by atoms with Crippen molar-refractivity contribution in [2.24, 2.45) is 0 Å². The summed E-state index contributed by atoms with van der Waals surface area (Å²) in [6, 6.07) is 0. The molecule has 0 aliphatic rings. The van der Waals surface area contributed by atoms with Gasteiger partial charge in [0.25, 0.3) is 5.91 Å². The number of amides is 1. The molecule has 0 atom stereocenters. The van der Waals surface area contributed by atoms with Gasteiger partial charge in [0, 0.05) is 6.20 Å². The van der Waals surface area contributed by atoms with Crippen molar-refractivity contribution >= 4 is 28.1 Å². The number of nitrogens with two attached hydrogens (primary N) is 1. The number of aromatic amines is 1. The maximum Gasteiger partial charge on any atom is 0.267 e. The van der Waals surface area contributed by atoms with Crippen molar-refractivity contribution in [1.29, 1.82) is 0 Å². The Morgan fingerprint density at radius 1 is 1.67 bits per heavy atom. The second-order valence-corrected chi connectivity index (χ2v) is 3.94. The van der Waals surface area contributed by atoms with E-state index in [1.165, 1.54) is 17.5 Å². The van der Waals surface area contributed by atoms with Gasteiger partial charge in [-0.25, -0.2) is 4.98 Å². The third-order valence-electron chi connectivity index (χ3n) is 1.78. The summed E-state index contributed by atoms with van der Waals surface area (Å²) >= 11 is 1.17. The first kappa shape index (κ1) is 9.66. The summed E-state index contributed by atoms with van der Waals surface area (Å²) < 4.78 is 0. The summed E-state index contributed by atoms with van der Waals surface area (Å²) in [6.45, 7) is 1.75. The van der Waals surface area contributed by atoms with Crippen molar-refractivity contribution < 1.29 is 4.79 Å². The Morgan fingerprint density at radius 2 is 2.47 bits per heavy atom. The molecule has 6 nitrogen and oxygen atoms in total. The highest BCUT2D eigenvalue weighted by Crippen LogP contribution is 2.20. The average Bonchev–Trinajstić information content (AvgIpc) is 2.75. The van der Waals surface area contributed by atoms with Crippen LogP contribution in [0.3, 0.4) is 0 Å². The van der Waals surface area contributed by atoms with Gasteiger partial charge >= 0.3 is 0 Å². The lowest BCUT2D eigenvalue weighted by atomic mass is 10.3. The fourth-order valence-electron chi connectivity index (χ4n) is 1.14. The lowest BCUT2D eigenvalue weighted by Gasteiger charge is -1.98. The van der Waals surface area contributed by atoms with Gasteiger partial charge in [0.1, 0.15) is 4.88 Å². The summed E-state index contributed by atoms with van der Waals surface area (Å²) in [4.78, 5) is 16.2. The molecule has 0 saturated heterocycles. The molecule has 0 aliphatic heterocycles. The number of thiazole rings is 1. The smallest absolute Gasteiger partial charge is 0.267 e. The summed E-state index contributed by atoms with van der Waals surface area (Å²) in [5.41, 5.74) is 6.75. The Kier molecular flexibility index (Phi) is 2.38. The Balaban J connectivity index is 2.18. The molecule has 0 aromatic carbocycles. The van der Waals surface area contributed by atoms with Gasteiger partial charge in [-0.05, 0) is 6.92 Å². The molecule has 0 saturated carbocycles. The van der Waals surface area contributed by atoms with Crippen LogP contribution in [0.15, 0.2) is 12.4 Å². The minimum absolute atomic E-state index is 0.219. The lowest BCUT2D eigenvalue weighted by Crippen LogP contribution is -2.10. The normalized spacial score (nSPS) is 10.2. The van der Waals surface area contributed by atoms with E-state index in [-0.39, 0.29) is 5.91 Å². The largest absolute Gasteiger partial charge is 0.375 e. The topological polar surface area (TPSA) is 96.7 Å². The lowest BCUT2D eigenvalue weighted by molar-refractivity contribution is 0.103. The monoisotopic (exact) mass is 223 g/mol. The number of H-pyrrole nitrogens is 1. The van der Waals surface area contributed by atoms with Crippen molar-refractivity contribution in [3.8, 4) is 0 Å². The summed E-state index contributed by atoms with van der Waals surface area (Å²) in [7, 11) is 0. The average molecular weight is 223 g/mol. The number of aryl methyl sites for hydroxylation is 1. The van der Waals surface area contributed by atoms with E-state index in [1.807, 2.05) is 0 Å². The number of carbonyl (C=O) groups is 1. The second-order valence-electron chi connectivity index (χ2n) is 2.91. The zero-order chi connectivity index (χ0) is 10.8. The number of nitrogens with one attached hydrogen (secondary N) is 2. The van der Waals surface area contributed by atoms with Crippen molar-refractivity contribution in [1.82, 2.24) is 15.2 Å². The molecular formula is C8H9N5OS. The van der Waals surface area contributed by atoms with Crippen LogP contribution in [0, 0.1) is 6.92 Å². The first-order valence-electron chi connectivity index (χ1n) is 4.20. The number of rotatable bonds is 2. The van der Waals surface area contributed by atoms with Gasteiger partial charge in [-0.1, -0.05) is 11.3 Å². The van der Waals surface area contributed by atoms with Gasteiger partial charge in [-0.3, -0.25) is 9.89 Å². The van der Waals surface area contributed by atoms with Crippen LogP contribution in [0.5, 0.6) is 0 Å². The fraction of sp³-hybridized carbons (Fsp3) is 0.125. The van der Waals surface area contributed by atoms with Gasteiger partial charge < -0.3 is 11.1 Å². The predicted octanol–water partition coefficient (Wildman–Crippen LogP) is 1.01. The molecule has 2 aromatic rings. The van der Waals surface area contributed by atoms with E-state index in [4.69, 9.17) is 5.73 Å². The number of hydrogen-bond donors (Lipinski definition) is 3. The van der Waals surface area contributed by atoms with Crippen LogP contribution in [0.1, 0.15) is 15.4 Å². The molecule has 0 bridgehead atoms. The van der Waals surface area contributed by atoms with E-state index < -0.39 is 0 Å². The van der Waals surface area contributed by atoms with Crippen LogP contribution in [0.4, 0.5) is 10.8 Å². The van der Waals surface area contributed by atoms with E-state index in [2.05, 4.69) is 20.5 Å². The Hall–Kier alpha value is -1.89. The molecule has 2 heterocycles. The quantitative estimate of drug-likeness (QED) is 0.707. The van der Waals surface area contributed by atoms with Gasteiger partial charge in [0.2, 0.25) is 0 Å². The third kappa shape index (κ3) is 1.96. The zero-order valence-corrected chi connectivity index (χ0v) is 8.76. The molecule has 4 N–H and O–H groups in total. The minimum Gasteiger partial charge on any atom is -0.375 e. The standard InChI is InChI=1S/C8H9N5OS/c1-4-6(15-8(9)12-4)7(14)13-5-2-10-11-3-5/h2-3H,1H3,(H2,9,12)(H,10,11)(H,13,14). The first-order valence-corrected chi connectivity index (χ1v) is 5.01. The van der Waals surface area contributed by atoms with E-state index in [0.29, 0.717) is 21.4 Å². The number of anilines is 2. The molecule has 78 valence electrons. The first-order chi connectivity index (χ1) is 7.16. The van der Waals surface area contributed by atoms with Crippen LogP contribution in [0.2, 0.25) is 0 Å². The zero-order valence-electron chi connectivity index (χ0n) is 7.94. The number of aromatic nitrogens is 3. The van der Waals surface area contributed by atoms with E-state index in [9.17, 15) is 4.79 Å². The molecule has 2 aromatic heterocycles. The molecule has 7 heteroatoms. The van der Waals surface area contributed by atoms with Crippen molar-refractivity contribution in [3.05, 3.63) is 23.0 Å². The summed E-state index contributed by atoms with van der Waals surface area (Å²) in [5.74, 6) is -0.219. The van der Waals surface area contributed by atoms with Crippen molar-refractivity contribution in [2.75, 3.05) is 11.1 Å². The molecule has 0 fully saturated rings. The highest BCUT2D eigenvalue weighted by molar-refractivity contribution is 7.17. The van der Waals surface area contributed by atoms with Gasteiger partial charge in [-0.2, -0.15) is 5.10 Å². The summed E-state index contributed by atoms with van der Waals surface area (Å²) in [5, 5.41) is 9.39. The van der Waals surface area contributed by atoms with Crippen LogP contribution in [-0.4, -0.2) is 21.1 Å².